The maximum atomic E-state index is 9.40. The zero-order valence-electron chi connectivity index (χ0n) is 16.0. The number of anilines is 1. The number of hydrogen-bond acceptors (Lipinski definition) is 6. The van der Waals surface area contributed by atoms with Crippen LogP contribution < -0.4 is 5.32 Å². The van der Waals surface area contributed by atoms with Crippen LogP contribution in [-0.4, -0.2) is 19.9 Å². The summed E-state index contributed by atoms with van der Waals surface area (Å²) in [6.45, 7) is 9.55. The van der Waals surface area contributed by atoms with Crippen LogP contribution in [0.2, 0.25) is 0 Å². The first-order valence-corrected chi connectivity index (χ1v) is 9.23. The summed E-state index contributed by atoms with van der Waals surface area (Å²) in [5.41, 5.74) is 3.77. The van der Waals surface area contributed by atoms with Gasteiger partial charge in [-0.2, -0.15) is 5.26 Å². The standard InChI is InChI=1S/C20H26N6/c1-5-17-15(9-22-12-25-17)11-24-19-23-10-14(8-21)18(26-19)7-16-6-13(2)20(16,3)4/h9-10,12-13,16H,5-7,11H2,1-4H3,(H,23,24,26)/t13-,16-/m0/s1. The fourth-order valence-electron chi connectivity index (χ4n) is 3.63. The Kier molecular flexibility index (Phi) is 5.17. The predicted molar refractivity (Wildman–Crippen MR) is 100 cm³/mol. The van der Waals surface area contributed by atoms with Crippen molar-refractivity contribution in [3.05, 3.63) is 41.2 Å². The molecule has 6 heteroatoms. The fraction of sp³-hybridized carbons (Fsp3) is 0.550. The maximum Gasteiger partial charge on any atom is 0.223 e. The second-order valence-corrected chi connectivity index (χ2v) is 7.73. The van der Waals surface area contributed by atoms with Crippen LogP contribution in [0.25, 0.3) is 0 Å². The van der Waals surface area contributed by atoms with Gasteiger partial charge < -0.3 is 5.32 Å². The van der Waals surface area contributed by atoms with Gasteiger partial charge in [-0.1, -0.05) is 27.7 Å². The molecule has 0 aliphatic heterocycles. The minimum Gasteiger partial charge on any atom is -0.350 e. The number of rotatable bonds is 6. The topological polar surface area (TPSA) is 87.4 Å². The highest BCUT2D eigenvalue weighted by molar-refractivity contribution is 5.38. The van der Waals surface area contributed by atoms with Crippen LogP contribution in [0.4, 0.5) is 5.95 Å². The van der Waals surface area contributed by atoms with E-state index in [0.717, 1.165) is 29.8 Å². The van der Waals surface area contributed by atoms with Crippen LogP contribution in [0.15, 0.2) is 18.7 Å². The fourth-order valence-corrected chi connectivity index (χ4v) is 3.63. The van der Waals surface area contributed by atoms with E-state index in [1.54, 1.807) is 12.5 Å². The first kappa shape index (κ1) is 18.2. The van der Waals surface area contributed by atoms with E-state index in [1.807, 2.05) is 6.20 Å². The molecule has 0 saturated heterocycles. The van der Waals surface area contributed by atoms with Gasteiger partial charge in [-0.05, 0) is 36.5 Å². The first-order chi connectivity index (χ1) is 12.5. The zero-order chi connectivity index (χ0) is 18.7. The number of nitriles is 1. The van der Waals surface area contributed by atoms with Gasteiger partial charge in [-0.25, -0.2) is 19.9 Å². The van der Waals surface area contributed by atoms with Crippen molar-refractivity contribution in [1.29, 1.82) is 5.26 Å². The number of nitrogens with one attached hydrogen (secondary N) is 1. The predicted octanol–water partition coefficient (Wildman–Crippen LogP) is 3.54. The lowest BCUT2D eigenvalue weighted by Crippen LogP contribution is -2.44. The molecule has 26 heavy (non-hydrogen) atoms. The van der Waals surface area contributed by atoms with Gasteiger partial charge in [0.25, 0.3) is 0 Å². The Labute approximate surface area is 155 Å². The molecule has 136 valence electrons. The maximum absolute atomic E-state index is 9.40. The molecule has 1 aliphatic rings. The van der Waals surface area contributed by atoms with Gasteiger partial charge >= 0.3 is 0 Å². The molecule has 2 atom stereocenters. The Morgan fingerprint density at radius 1 is 1.27 bits per heavy atom. The molecule has 0 radical (unpaired) electrons. The minimum atomic E-state index is 0.294. The summed E-state index contributed by atoms with van der Waals surface area (Å²) in [4.78, 5) is 17.3. The van der Waals surface area contributed by atoms with Crippen molar-refractivity contribution in [2.24, 2.45) is 17.3 Å². The van der Waals surface area contributed by atoms with Crippen LogP contribution in [0.5, 0.6) is 0 Å². The summed E-state index contributed by atoms with van der Waals surface area (Å²) in [5.74, 6) is 1.82. The summed E-state index contributed by atoms with van der Waals surface area (Å²) in [6.07, 6.45) is 7.88. The molecule has 0 bridgehead atoms. The molecular formula is C20H26N6. The van der Waals surface area contributed by atoms with E-state index in [-0.39, 0.29) is 0 Å². The van der Waals surface area contributed by atoms with E-state index in [9.17, 15) is 5.26 Å². The SMILES string of the molecule is CCc1ncncc1CNc1ncc(C#N)c(C[C@@H]2C[C@H](C)C2(C)C)n1. The van der Waals surface area contributed by atoms with Crippen LogP contribution in [0, 0.1) is 28.6 Å². The zero-order valence-corrected chi connectivity index (χ0v) is 16.0. The molecule has 3 rings (SSSR count). The highest BCUT2D eigenvalue weighted by Crippen LogP contribution is 2.52. The van der Waals surface area contributed by atoms with E-state index < -0.39 is 0 Å². The van der Waals surface area contributed by atoms with E-state index >= 15 is 0 Å². The molecule has 0 amide bonds. The lowest BCUT2D eigenvalue weighted by Gasteiger charge is -2.51. The van der Waals surface area contributed by atoms with Gasteiger partial charge in [-0.3, -0.25) is 0 Å². The van der Waals surface area contributed by atoms with Crippen molar-refractivity contribution < 1.29 is 0 Å². The third-order valence-electron chi connectivity index (χ3n) is 6.04. The largest absolute Gasteiger partial charge is 0.350 e. The molecule has 6 nitrogen and oxygen atoms in total. The molecule has 1 fully saturated rings. The molecule has 1 saturated carbocycles. The molecule has 0 spiro atoms. The summed E-state index contributed by atoms with van der Waals surface area (Å²) >= 11 is 0. The summed E-state index contributed by atoms with van der Waals surface area (Å²) in [7, 11) is 0. The monoisotopic (exact) mass is 350 g/mol. The van der Waals surface area contributed by atoms with Crippen LogP contribution in [0.1, 0.15) is 56.6 Å². The number of aromatic nitrogens is 4. The molecule has 0 aromatic carbocycles. The molecule has 1 aliphatic carbocycles. The Bertz CT molecular complexity index is 823. The van der Waals surface area contributed by atoms with Gasteiger partial charge in [0.15, 0.2) is 0 Å². The van der Waals surface area contributed by atoms with Crippen molar-refractivity contribution in [2.75, 3.05) is 5.32 Å². The van der Waals surface area contributed by atoms with E-state index in [1.165, 1.54) is 6.42 Å². The molecule has 2 heterocycles. The third kappa shape index (κ3) is 3.52. The lowest BCUT2D eigenvalue weighted by atomic mass is 9.54. The second kappa shape index (κ2) is 7.36. The summed E-state index contributed by atoms with van der Waals surface area (Å²) in [6, 6.07) is 2.23. The lowest BCUT2D eigenvalue weighted by molar-refractivity contribution is -0.00772. The van der Waals surface area contributed by atoms with Crippen LogP contribution in [-0.2, 0) is 19.4 Å². The Balaban J connectivity index is 1.74. The average Bonchev–Trinajstić information content (AvgIpc) is 2.66. The molecule has 0 unspecified atom stereocenters. The third-order valence-corrected chi connectivity index (χ3v) is 6.04. The Morgan fingerprint density at radius 3 is 2.73 bits per heavy atom. The quantitative estimate of drug-likeness (QED) is 0.857. The average molecular weight is 350 g/mol. The van der Waals surface area contributed by atoms with Gasteiger partial charge in [0.1, 0.15) is 12.4 Å². The van der Waals surface area contributed by atoms with Gasteiger partial charge in [0, 0.05) is 24.0 Å². The highest BCUT2D eigenvalue weighted by Gasteiger charge is 2.45. The normalized spacial score (nSPS) is 20.9. The van der Waals surface area contributed by atoms with E-state index in [4.69, 9.17) is 0 Å². The van der Waals surface area contributed by atoms with Gasteiger partial charge in [-0.15, -0.1) is 0 Å². The van der Waals surface area contributed by atoms with Crippen LogP contribution in [0.3, 0.4) is 0 Å². The van der Waals surface area contributed by atoms with Crippen molar-refractivity contribution in [2.45, 2.75) is 53.5 Å². The molecule has 2 aromatic heterocycles. The number of hydrogen-bond donors (Lipinski definition) is 1. The Hall–Kier alpha value is -2.55. The Morgan fingerprint density at radius 2 is 2.08 bits per heavy atom. The number of aryl methyl sites for hydroxylation is 1. The first-order valence-electron chi connectivity index (χ1n) is 9.23. The van der Waals surface area contributed by atoms with E-state index in [2.05, 4.69) is 59.0 Å². The smallest absolute Gasteiger partial charge is 0.223 e. The molecule has 2 aromatic rings. The van der Waals surface area contributed by atoms with Crippen molar-refractivity contribution in [3.63, 3.8) is 0 Å². The number of nitrogens with zero attached hydrogens (tertiary/aromatic N) is 5. The van der Waals surface area contributed by atoms with Crippen molar-refractivity contribution >= 4 is 5.95 Å². The molecular weight excluding hydrogens is 324 g/mol. The van der Waals surface area contributed by atoms with Crippen molar-refractivity contribution in [1.82, 2.24) is 19.9 Å². The molecule has 1 N–H and O–H groups in total. The second-order valence-electron chi connectivity index (χ2n) is 7.73. The summed E-state index contributed by atoms with van der Waals surface area (Å²) < 4.78 is 0. The van der Waals surface area contributed by atoms with Gasteiger partial charge in [0.05, 0.1) is 17.5 Å². The highest BCUT2D eigenvalue weighted by atomic mass is 15.1. The van der Waals surface area contributed by atoms with E-state index in [0.29, 0.717) is 35.3 Å². The van der Waals surface area contributed by atoms with Gasteiger partial charge in [0.2, 0.25) is 5.95 Å². The van der Waals surface area contributed by atoms with Crippen LogP contribution >= 0.6 is 0 Å². The van der Waals surface area contributed by atoms with Crippen molar-refractivity contribution in [3.8, 4) is 6.07 Å². The minimum absolute atomic E-state index is 0.294. The summed E-state index contributed by atoms with van der Waals surface area (Å²) in [5, 5.41) is 12.7.